The van der Waals surface area contributed by atoms with Gasteiger partial charge in [0.2, 0.25) is 0 Å². The maximum Gasteiger partial charge on any atom is 0.350 e. The van der Waals surface area contributed by atoms with Crippen LogP contribution in [0, 0.1) is 17.8 Å². The second-order valence-electron chi connectivity index (χ2n) is 10.4. The third-order valence-corrected chi connectivity index (χ3v) is 7.94. The Morgan fingerprint density at radius 1 is 1.11 bits per heavy atom. The largest absolute Gasteiger partial charge is 0.507 e. The van der Waals surface area contributed by atoms with Crippen LogP contribution in [0.3, 0.4) is 0 Å². The van der Waals surface area contributed by atoms with Crippen molar-refractivity contribution in [3.8, 4) is 28.4 Å². The fraction of sp³-hybridized carbons (Fsp3) is 0.500. The zero-order valence-corrected chi connectivity index (χ0v) is 20.0. The van der Waals surface area contributed by atoms with Crippen molar-refractivity contribution in [3.05, 3.63) is 46.9 Å². The van der Waals surface area contributed by atoms with E-state index in [1.807, 2.05) is 0 Å². The minimum Gasteiger partial charge on any atom is -0.507 e. The number of nitrogens with zero attached hydrogens (tertiary/aromatic N) is 6. The van der Waals surface area contributed by atoms with Gasteiger partial charge in [-0.1, -0.05) is 18.9 Å². The molecule has 2 bridgehead atoms. The minimum atomic E-state index is -0.867. The second kappa shape index (κ2) is 8.90. The van der Waals surface area contributed by atoms with Crippen molar-refractivity contribution in [2.45, 2.75) is 63.2 Å². The highest BCUT2D eigenvalue weighted by Gasteiger charge is 2.46. The average molecular weight is 495 g/mol. The lowest BCUT2D eigenvalue weighted by Gasteiger charge is -2.46. The highest BCUT2D eigenvalue weighted by atomic mass is 19.1. The molecule has 8 nitrogen and oxygen atoms in total. The van der Waals surface area contributed by atoms with Crippen LogP contribution in [-0.4, -0.2) is 48.1 Å². The van der Waals surface area contributed by atoms with Gasteiger partial charge in [0.15, 0.2) is 17.6 Å². The topological polar surface area (TPSA) is 97.0 Å². The molecule has 0 spiro atoms. The number of anilines is 1. The molecule has 4 atom stereocenters. The number of rotatable bonds is 5. The molecule has 3 fully saturated rings. The van der Waals surface area contributed by atoms with Gasteiger partial charge in [0.05, 0.1) is 23.5 Å². The van der Waals surface area contributed by atoms with Crippen molar-refractivity contribution >= 4 is 5.82 Å². The summed E-state index contributed by atoms with van der Waals surface area (Å²) >= 11 is 0. The first-order chi connectivity index (χ1) is 17.4. The van der Waals surface area contributed by atoms with E-state index in [4.69, 9.17) is 0 Å². The Morgan fingerprint density at radius 3 is 2.64 bits per heavy atom. The predicted octanol–water partition coefficient (Wildman–Crippen LogP) is 4.03. The number of hydrogen-bond acceptors (Lipinski definition) is 7. The normalized spacial score (nSPS) is 25.5. The summed E-state index contributed by atoms with van der Waals surface area (Å²) in [5.41, 5.74) is 0.115. The monoisotopic (exact) mass is 494 g/mol. The molecule has 10 heteroatoms. The van der Waals surface area contributed by atoms with Crippen molar-refractivity contribution < 1.29 is 13.9 Å². The molecule has 2 heterocycles. The Bertz CT molecular complexity index is 1340. The first-order valence-electron chi connectivity index (χ1n) is 12.6. The quantitative estimate of drug-likeness (QED) is 0.535. The standard InChI is InChI=1S/C26H28F2N6O2/c1-33-22(27)12-19(30-26(33)36)15-5-8-18(21(35)11-15)25-29-13-23(31-32-25)34(17-6-7-17)20-10-14-3-2-4-16(9-14)24(20)28/h5,8,11-14,16-17,20,24,35H,2-4,6-7,9-10H2,1H3/t14-,16+,20+,24-/m0/s1. The lowest BCUT2D eigenvalue weighted by molar-refractivity contribution is 0.0631. The molecule has 36 heavy (non-hydrogen) atoms. The number of alkyl halides is 1. The maximum atomic E-state index is 15.5. The number of hydrogen-bond donors (Lipinski definition) is 1. The number of fused-ring (bicyclic) bond motifs is 2. The van der Waals surface area contributed by atoms with E-state index >= 15 is 4.39 Å². The van der Waals surface area contributed by atoms with Gasteiger partial charge in [-0.25, -0.2) is 14.2 Å². The van der Waals surface area contributed by atoms with Crippen LogP contribution < -0.4 is 10.6 Å². The summed E-state index contributed by atoms with van der Waals surface area (Å²) in [5.74, 6) is 0.628. The highest BCUT2D eigenvalue weighted by Crippen LogP contribution is 2.46. The van der Waals surface area contributed by atoms with Crippen LogP contribution in [0.4, 0.5) is 14.6 Å². The maximum absolute atomic E-state index is 15.5. The average Bonchev–Trinajstić information content (AvgIpc) is 3.71. The highest BCUT2D eigenvalue weighted by molar-refractivity contribution is 5.71. The Labute approximate surface area is 207 Å². The molecule has 3 aliphatic rings. The number of aromatic hydroxyl groups is 1. The third kappa shape index (κ3) is 4.12. The Kier molecular flexibility index (Phi) is 5.69. The van der Waals surface area contributed by atoms with Crippen LogP contribution in [0.15, 0.2) is 35.3 Å². The molecule has 3 aliphatic carbocycles. The van der Waals surface area contributed by atoms with E-state index in [2.05, 4.69) is 25.1 Å². The summed E-state index contributed by atoms with van der Waals surface area (Å²) in [6.45, 7) is 0. The second-order valence-corrected chi connectivity index (χ2v) is 10.4. The van der Waals surface area contributed by atoms with E-state index in [-0.39, 0.29) is 35.3 Å². The van der Waals surface area contributed by atoms with Gasteiger partial charge < -0.3 is 10.0 Å². The van der Waals surface area contributed by atoms with Gasteiger partial charge in [-0.2, -0.15) is 9.37 Å². The predicted molar refractivity (Wildman–Crippen MR) is 130 cm³/mol. The van der Waals surface area contributed by atoms with Gasteiger partial charge >= 0.3 is 5.69 Å². The SMILES string of the molecule is Cn1c(F)cc(-c2ccc(-c3ncc(N(C4CC4)[C@@H]4C[C@H]5CCC[C@H](C5)[C@@H]4F)nn3)c(O)c2)nc1=O. The van der Waals surface area contributed by atoms with Gasteiger partial charge in [-0.05, 0) is 56.1 Å². The van der Waals surface area contributed by atoms with Crippen LogP contribution in [0.2, 0.25) is 0 Å². The van der Waals surface area contributed by atoms with Crippen molar-refractivity contribution in [1.29, 1.82) is 0 Å². The molecule has 0 unspecified atom stereocenters. The van der Waals surface area contributed by atoms with Gasteiger partial charge in [0.1, 0.15) is 11.9 Å². The Balaban J connectivity index is 1.26. The molecule has 3 saturated carbocycles. The molecule has 0 amide bonds. The number of aromatic nitrogens is 5. The molecular formula is C26H28F2N6O2. The molecule has 1 aromatic carbocycles. The Hall–Kier alpha value is -3.43. The van der Waals surface area contributed by atoms with Crippen LogP contribution in [0.1, 0.15) is 44.9 Å². The van der Waals surface area contributed by atoms with E-state index in [9.17, 15) is 14.3 Å². The van der Waals surface area contributed by atoms with Gasteiger partial charge in [0, 0.05) is 24.7 Å². The first-order valence-corrected chi connectivity index (χ1v) is 12.6. The zero-order chi connectivity index (χ0) is 25.0. The summed E-state index contributed by atoms with van der Waals surface area (Å²) in [6.07, 6.45) is 7.88. The van der Waals surface area contributed by atoms with E-state index in [0.717, 1.165) is 49.2 Å². The molecule has 3 aromatic rings. The van der Waals surface area contributed by atoms with Crippen molar-refractivity contribution in [3.63, 3.8) is 0 Å². The molecular weight excluding hydrogens is 466 g/mol. The summed E-state index contributed by atoms with van der Waals surface area (Å²) in [6, 6.07) is 5.79. The van der Waals surface area contributed by atoms with E-state index in [1.165, 1.54) is 19.5 Å². The van der Waals surface area contributed by atoms with E-state index < -0.39 is 17.8 Å². The van der Waals surface area contributed by atoms with Crippen molar-refractivity contribution in [2.24, 2.45) is 18.9 Å². The van der Waals surface area contributed by atoms with E-state index in [1.54, 1.807) is 18.3 Å². The molecule has 0 radical (unpaired) electrons. The minimum absolute atomic E-state index is 0.116. The smallest absolute Gasteiger partial charge is 0.350 e. The van der Waals surface area contributed by atoms with Gasteiger partial charge in [0.25, 0.3) is 0 Å². The number of phenolic OH excluding ortho intramolecular Hbond substituents is 1. The summed E-state index contributed by atoms with van der Waals surface area (Å²) in [4.78, 5) is 22.2. The Morgan fingerprint density at radius 2 is 1.94 bits per heavy atom. The van der Waals surface area contributed by atoms with Crippen LogP contribution >= 0.6 is 0 Å². The molecule has 1 N–H and O–H groups in total. The molecule has 188 valence electrons. The molecule has 0 aliphatic heterocycles. The van der Waals surface area contributed by atoms with Gasteiger partial charge in [-0.15, -0.1) is 10.2 Å². The summed E-state index contributed by atoms with van der Waals surface area (Å²) < 4.78 is 30.3. The van der Waals surface area contributed by atoms with Crippen LogP contribution in [0.5, 0.6) is 5.75 Å². The molecule has 6 rings (SSSR count). The first kappa shape index (κ1) is 23.0. The van der Waals surface area contributed by atoms with Crippen molar-refractivity contribution in [1.82, 2.24) is 24.7 Å². The fourth-order valence-corrected chi connectivity index (χ4v) is 5.92. The van der Waals surface area contributed by atoms with Gasteiger partial charge in [-0.3, -0.25) is 4.57 Å². The lowest BCUT2D eigenvalue weighted by atomic mass is 9.69. The lowest BCUT2D eigenvalue weighted by Crippen LogP contribution is -2.52. The summed E-state index contributed by atoms with van der Waals surface area (Å²) in [7, 11) is 1.29. The van der Waals surface area contributed by atoms with Crippen LogP contribution in [0.25, 0.3) is 22.6 Å². The molecule has 0 saturated heterocycles. The number of halogens is 2. The fourth-order valence-electron chi connectivity index (χ4n) is 5.92. The van der Waals surface area contributed by atoms with Crippen LogP contribution in [-0.2, 0) is 7.05 Å². The number of phenols is 1. The number of benzene rings is 1. The summed E-state index contributed by atoms with van der Waals surface area (Å²) in [5, 5.41) is 19.3. The third-order valence-electron chi connectivity index (χ3n) is 7.94. The van der Waals surface area contributed by atoms with Crippen molar-refractivity contribution in [2.75, 3.05) is 4.90 Å². The zero-order valence-electron chi connectivity index (χ0n) is 20.0. The van der Waals surface area contributed by atoms with E-state index in [0.29, 0.717) is 22.9 Å². The molecule has 2 aromatic heterocycles.